The summed E-state index contributed by atoms with van der Waals surface area (Å²) in [7, 11) is 0. The highest BCUT2D eigenvalue weighted by atomic mass is 19.4. The van der Waals surface area contributed by atoms with Crippen molar-refractivity contribution in [2.45, 2.75) is 25.1 Å². The van der Waals surface area contributed by atoms with Crippen LogP contribution in [0.15, 0.2) is 42.9 Å². The number of hydrogen-bond donors (Lipinski definition) is 1. The molecule has 3 rings (SSSR count). The Hall–Kier alpha value is -2.84. The number of nitrogens with zero attached hydrogens (tertiary/aromatic N) is 3. The summed E-state index contributed by atoms with van der Waals surface area (Å²) < 4.78 is 43.4. The summed E-state index contributed by atoms with van der Waals surface area (Å²) in [6.07, 6.45) is -0.153. The molecular formula is C17H17F3N4O2. The molecule has 0 saturated carbocycles. The molecule has 2 amide bonds. The Morgan fingerprint density at radius 3 is 2.42 bits per heavy atom. The molecule has 6 nitrogen and oxygen atoms in total. The molecule has 0 atom stereocenters. The molecule has 2 heterocycles. The Morgan fingerprint density at radius 2 is 1.85 bits per heavy atom. The molecule has 1 aromatic carbocycles. The van der Waals surface area contributed by atoms with Gasteiger partial charge in [0.15, 0.2) is 0 Å². The van der Waals surface area contributed by atoms with Crippen molar-refractivity contribution >= 4 is 11.7 Å². The summed E-state index contributed by atoms with van der Waals surface area (Å²) in [5.74, 6) is 0.493. The molecule has 26 heavy (non-hydrogen) atoms. The van der Waals surface area contributed by atoms with Crippen molar-refractivity contribution < 1.29 is 22.7 Å². The topological polar surface area (TPSA) is 67.4 Å². The van der Waals surface area contributed by atoms with Crippen LogP contribution in [0.1, 0.15) is 18.4 Å². The van der Waals surface area contributed by atoms with Gasteiger partial charge in [-0.25, -0.2) is 14.8 Å². The van der Waals surface area contributed by atoms with E-state index in [9.17, 15) is 18.0 Å². The quantitative estimate of drug-likeness (QED) is 0.902. The summed E-state index contributed by atoms with van der Waals surface area (Å²) >= 11 is 0. The maximum Gasteiger partial charge on any atom is 0.416 e. The third-order valence-electron chi connectivity index (χ3n) is 4.03. The van der Waals surface area contributed by atoms with Gasteiger partial charge in [-0.05, 0) is 24.3 Å². The standard InChI is InChI=1S/C17H17F3N4O2/c18-17(19,20)12-1-3-13(4-2-12)23-16(25)24-9-6-14(7-10-24)26-15-5-8-21-11-22-15/h1-5,8,11,14H,6-7,9-10H2,(H,23,25). The van der Waals surface area contributed by atoms with Gasteiger partial charge in [-0.1, -0.05) is 0 Å². The van der Waals surface area contributed by atoms with Gasteiger partial charge >= 0.3 is 12.2 Å². The summed E-state index contributed by atoms with van der Waals surface area (Å²) in [4.78, 5) is 21.7. The van der Waals surface area contributed by atoms with Crippen LogP contribution in [0, 0.1) is 0 Å². The Bertz CT molecular complexity index is 730. The average molecular weight is 366 g/mol. The molecule has 1 N–H and O–H groups in total. The first-order chi connectivity index (χ1) is 12.4. The van der Waals surface area contributed by atoms with E-state index in [1.165, 1.54) is 18.5 Å². The van der Waals surface area contributed by atoms with Crippen molar-refractivity contribution in [2.24, 2.45) is 0 Å². The average Bonchev–Trinajstić information content (AvgIpc) is 2.63. The monoisotopic (exact) mass is 366 g/mol. The number of halogens is 3. The van der Waals surface area contributed by atoms with Crippen molar-refractivity contribution in [3.05, 3.63) is 48.4 Å². The minimum absolute atomic E-state index is 0.0416. The van der Waals surface area contributed by atoms with Crippen molar-refractivity contribution in [3.63, 3.8) is 0 Å². The number of hydrogen-bond acceptors (Lipinski definition) is 4. The van der Waals surface area contributed by atoms with E-state index >= 15 is 0 Å². The predicted octanol–water partition coefficient (Wildman–Crippen LogP) is 3.57. The van der Waals surface area contributed by atoms with Crippen LogP contribution in [0.4, 0.5) is 23.7 Å². The lowest BCUT2D eigenvalue weighted by molar-refractivity contribution is -0.137. The largest absolute Gasteiger partial charge is 0.474 e. The molecule has 2 aromatic rings. The van der Waals surface area contributed by atoms with E-state index in [1.54, 1.807) is 17.2 Å². The number of benzene rings is 1. The van der Waals surface area contributed by atoms with Gasteiger partial charge in [0.2, 0.25) is 5.88 Å². The van der Waals surface area contributed by atoms with Gasteiger partial charge in [0.05, 0.1) is 5.56 Å². The van der Waals surface area contributed by atoms with Gasteiger partial charge in [0, 0.05) is 43.9 Å². The van der Waals surface area contributed by atoms with E-state index in [2.05, 4.69) is 15.3 Å². The number of ether oxygens (including phenoxy) is 1. The third kappa shape index (κ3) is 4.62. The fourth-order valence-electron chi connectivity index (χ4n) is 2.64. The van der Waals surface area contributed by atoms with Crippen LogP contribution >= 0.6 is 0 Å². The third-order valence-corrected chi connectivity index (χ3v) is 4.03. The number of likely N-dealkylation sites (tertiary alicyclic amines) is 1. The molecule has 1 aromatic heterocycles. The van der Waals surface area contributed by atoms with Crippen LogP contribution in [0.25, 0.3) is 0 Å². The van der Waals surface area contributed by atoms with Gasteiger partial charge in [0.1, 0.15) is 12.4 Å². The molecule has 1 aliphatic rings. The van der Waals surface area contributed by atoms with Crippen molar-refractivity contribution in [1.29, 1.82) is 0 Å². The van der Waals surface area contributed by atoms with E-state index in [0.29, 0.717) is 37.5 Å². The maximum atomic E-state index is 12.6. The highest BCUT2D eigenvalue weighted by Gasteiger charge is 2.30. The Balaban J connectivity index is 1.49. The van der Waals surface area contributed by atoms with E-state index < -0.39 is 11.7 Å². The zero-order chi connectivity index (χ0) is 18.6. The van der Waals surface area contributed by atoms with Crippen molar-refractivity contribution in [3.8, 4) is 5.88 Å². The predicted molar refractivity (Wildman–Crippen MR) is 87.7 cm³/mol. The van der Waals surface area contributed by atoms with Crippen LogP contribution in [-0.2, 0) is 6.18 Å². The summed E-state index contributed by atoms with van der Waals surface area (Å²) in [6, 6.07) is 5.70. The fraction of sp³-hybridized carbons (Fsp3) is 0.353. The molecule has 138 valence electrons. The molecule has 1 fully saturated rings. The van der Waals surface area contributed by atoms with Gasteiger partial charge in [-0.2, -0.15) is 13.2 Å². The number of nitrogens with one attached hydrogen (secondary N) is 1. The SMILES string of the molecule is O=C(Nc1ccc(C(F)(F)F)cc1)N1CCC(Oc2ccncn2)CC1. The Morgan fingerprint density at radius 1 is 1.15 bits per heavy atom. The van der Waals surface area contributed by atoms with E-state index in [0.717, 1.165) is 12.1 Å². The molecule has 0 radical (unpaired) electrons. The normalized spacial score (nSPS) is 15.6. The molecule has 0 bridgehead atoms. The number of carbonyl (C=O) groups is 1. The molecular weight excluding hydrogens is 349 g/mol. The highest BCUT2D eigenvalue weighted by molar-refractivity contribution is 5.89. The highest BCUT2D eigenvalue weighted by Crippen LogP contribution is 2.30. The lowest BCUT2D eigenvalue weighted by Gasteiger charge is -2.31. The summed E-state index contributed by atoms with van der Waals surface area (Å²) in [5.41, 5.74) is -0.430. The maximum absolute atomic E-state index is 12.6. The van der Waals surface area contributed by atoms with Crippen molar-refractivity contribution in [2.75, 3.05) is 18.4 Å². The fourth-order valence-corrected chi connectivity index (χ4v) is 2.64. The molecule has 1 saturated heterocycles. The summed E-state index contributed by atoms with van der Waals surface area (Å²) in [5, 5.41) is 2.61. The second-order valence-corrected chi connectivity index (χ2v) is 5.86. The van der Waals surface area contributed by atoms with Crippen LogP contribution in [-0.4, -0.2) is 40.1 Å². The van der Waals surface area contributed by atoms with Gasteiger partial charge in [-0.15, -0.1) is 0 Å². The van der Waals surface area contributed by atoms with Crippen LogP contribution < -0.4 is 10.1 Å². The minimum Gasteiger partial charge on any atom is -0.474 e. The minimum atomic E-state index is -4.39. The van der Waals surface area contributed by atoms with Crippen LogP contribution in [0.3, 0.4) is 0 Å². The molecule has 0 aliphatic carbocycles. The van der Waals surface area contributed by atoms with Gasteiger partial charge in [-0.3, -0.25) is 0 Å². The second kappa shape index (κ2) is 7.59. The number of rotatable bonds is 3. The van der Waals surface area contributed by atoms with Crippen molar-refractivity contribution in [1.82, 2.24) is 14.9 Å². The zero-order valence-electron chi connectivity index (χ0n) is 13.7. The number of aromatic nitrogens is 2. The molecule has 0 unspecified atom stereocenters. The molecule has 0 spiro atoms. The number of urea groups is 1. The van der Waals surface area contributed by atoms with E-state index in [4.69, 9.17) is 4.74 Å². The zero-order valence-corrected chi connectivity index (χ0v) is 13.7. The van der Waals surface area contributed by atoms with Crippen LogP contribution in [0.5, 0.6) is 5.88 Å². The summed E-state index contributed by atoms with van der Waals surface area (Å²) in [6.45, 7) is 0.977. The number of piperidine rings is 1. The van der Waals surface area contributed by atoms with Gasteiger partial charge < -0.3 is 15.0 Å². The first kappa shape index (κ1) is 18.0. The lowest BCUT2D eigenvalue weighted by atomic mass is 10.1. The smallest absolute Gasteiger partial charge is 0.416 e. The van der Waals surface area contributed by atoms with E-state index in [1.807, 2.05) is 0 Å². The Labute approximate surface area is 148 Å². The first-order valence-electron chi connectivity index (χ1n) is 8.08. The first-order valence-corrected chi connectivity index (χ1v) is 8.08. The number of anilines is 1. The van der Waals surface area contributed by atoms with E-state index in [-0.39, 0.29) is 12.1 Å². The van der Waals surface area contributed by atoms with Crippen LogP contribution in [0.2, 0.25) is 0 Å². The molecule has 9 heteroatoms. The number of carbonyl (C=O) groups excluding carboxylic acids is 1. The number of alkyl halides is 3. The van der Waals surface area contributed by atoms with Gasteiger partial charge in [0.25, 0.3) is 0 Å². The number of amides is 2. The molecule has 1 aliphatic heterocycles. The Kier molecular flexibility index (Phi) is 5.24. The lowest BCUT2D eigenvalue weighted by Crippen LogP contribution is -2.43. The second-order valence-electron chi connectivity index (χ2n) is 5.86.